The summed E-state index contributed by atoms with van der Waals surface area (Å²) >= 11 is 0. The fraction of sp³-hybridized carbons (Fsp3) is 0.650. The van der Waals surface area contributed by atoms with E-state index in [4.69, 9.17) is 4.74 Å². The first kappa shape index (κ1) is 17.4. The molecule has 1 aromatic carbocycles. The van der Waals surface area contributed by atoms with E-state index in [-0.39, 0.29) is 5.97 Å². The van der Waals surface area contributed by atoms with E-state index in [1.165, 1.54) is 44.3 Å². The van der Waals surface area contributed by atoms with Gasteiger partial charge in [0.15, 0.2) is 0 Å². The number of hydrogen-bond acceptors (Lipinski definition) is 4. The predicted molar refractivity (Wildman–Crippen MR) is 96.1 cm³/mol. The van der Waals surface area contributed by atoms with Crippen molar-refractivity contribution in [2.24, 2.45) is 0 Å². The van der Waals surface area contributed by atoms with Crippen molar-refractivity contribution in [1.82, 2.24) is 10.2 Å². The lowest BCUT2D eigenvalue weighted by Crippen LogP contribution is -2.45. The van der Waals surface area contributed by atoms with Gasteiger partial charge in [-0.05, 0) is 77.2 Å². The van der Waals surface area contributed by atoms with Gasteiger partial charge in [0.1, 0.15) is 5.60 Å². The van der Waals surface area contributed by atoms with Gasteiger partial charge in [-0.15, -0.1) is 0 Å². The Hall–Kier alpha value is -1.39. The number of esters is 1. The second-order valence-corrected chi connectivity index (χ2v) is 8.13. The Labute approximate surface area is 145 Å². The molecular weight excluding hydrogens is 300 g/mol. The number of nitrogens with one attached hydrogen (secondary N) is 1. The van der Waals surface area contributed by atoms with Crippen LogP contribution in [0.2, 0.25) is 0 Å². The van der Waals surface area contributed by atoms with Crippen LogP contribution in [0.3, 0.4) is 0 Å². The van der Waals surface area contributed by atoms with Crippen molar-refractivity contribution < 1.29 is 9.53 Å². The minimum Gasteiger partial charge on any atom is -0.456 e. The van der Waals surface area contributed by atoms with Crippen LogP contribution in [-0.2, 0) is 11.3 Å². The maximum atomic E-state index is 12.0. The summed E-state index contributed by atoms with van der Waals surface area (Å²) in [6.07, 6.45) is 5.24. The molecule has 2 saturated heterocycles. The molecule has 2 heterocycles. The molecule has 2 atom stereocenters. The fourth-order valence-electron chi connectivity index (χ4n) is 3.77. The molecule has 0 radical (unpaired) electrons. The van der Waals surface area contributed by atoms with E-state index in [0.717, 1.165) is 12.6 Å². The highest BCUT2D eigenvalue weighted by Crippen LogP contribution is 2.27. The van der Waals surface area contributed by atoms with Crippen molar-refractivity contribution in [3.63, 3.8) is 0 Å². The van der Waals surface area contributed by atoms with Crippen molar-refractivity contribution in [3.05, 3.63) is 35.4 Å². The molecule has 2 aliphatic rings. The summed E-state index contributed by atoms with van der Waals surface area (Å²) in [5.74, 6) is -0.254. The number of rotatable bonds is 4. The Bertz CT molecular complexity index is 562. The highest BCUT2D eigenvalue weighted by molar-refractivity contribution is 5.89. The SMILES string of the molecule is CC(C)(C)OC(=O)c1ccc(CN[C@@H]2CCN3CCC[C@@H]3C2)cc1. The molecule has 24 heavy (non-hydrogen) atoms. The first-order valence-corrected chi connectivity index (χ1v) is 9.20. The molecule has 1 N–H and O–H groups in total. The second-order valence-electron chi connectivity index (χ2n) is 8.13. The predicted octanol–water partition coefficient (Wildman–Crippen LogP) is 3.36. The standard InChI is InChI=1S/C20H30N2O2/c1-20(2,3)24-19(23)16-8-6-15(7-9-16)14-21-17-10-12-22-11-4-5-18(22)13-17/h6-9,17-18,21H,4-5,10-14H2,1-3H3/t17-,18-/m1/s1. The molecule has 1 aromatic rings. The molecule has 4 heteroatoms. The van der Waals surface area contributed by atoms with Gasteiger partial charge in [0.2, 0.25) is 0 Å². The summed E-state index contributed by atoms with van der Waals surface area (Å²) in [7, 11) is 0. The van der Waals surface area contributed by atoms with Gasteiger partial charge in [0.05, 0.1) is 5.56 Å². The average Bonchev–Trinajstić information content (AvgIpc) is 2.99. The number of benzene rings is 1. The van der Waals surface area contributed by atoms with E-state index in [1.54, 1.807) is 0 Å². The normalized spacial score (nSPS) is 24.6. The van der Waals surface area contributed by atoms with Gasteiger partial charge in [-0.3, -0.25) is 0 Å². The van der Waals surface area contributed by atoms with Crippen LogP contribution in [0.25, 0.3) is 0 Å². The number of nitrogens with zero attached hydrogens (tertiary/aromatic N) is 1. The quantitative estimate of drug-likeness (QED) is 0.860. The Morgan fingerprint density at radius 3 is 2.67 bits per heavy atom. The van der Waals surface area contributed by atoms with Crippen molar-refractivity contribution in [2.45, 2.75) is 70.7 Å². The van der Waals surface area contributed by atoms with Gasteiger partial charge in [-0.1, -0.05) is 12.1 Å². The largest absolute Gasteiger partial charge is 0.456 e. The van der Waals surface area contributed by atoms with Gasteiger partial charge in [0.25, 0.3) is 0 Å². The Kier molecular flexibility index (Phi) is 5.26. The van der Waals surface area contributed by atoms with E-state index < -0.39 is 5.60 Å². The molecule has 0 amide bonds. The lowest BCUT2D eigenvalue weighted by Gasteiger charge is -2.35. The third-order valence-corrected chi connectivity index (χ3v) is 5.00. The van der Waals surface area contributed by atoms with Crippen molar-refractivity contribution in [2.75, 3.05) is 13.1 Å². The fourth-order valence-corrected chi connectivity index (χ4v) is 3.77. The molecule has 0 bridgehead atoms. The van der Waals surface area contributed by atoms with Gasteiger partial charge in [-0.25, -0.2) is 4.79 Å². The minimum absolute atomic E-state index is 0.254. The number of hydrogen-bond donors (Lipinski definition) is 1. The van der Waals surface area contributed by atoms with Crippen molar-refractivity contribution in [1.29, 1.82) is 0 Å². The van der Waals surface area contributed by atoms with Gasteiger partial charge >= 0.3 is 5.97 Å². The summed E-state index contributed by atoms with van der Waals surface area (Å²) in [4.78, 5) is 14.7. The molecule has 0 unspecified atom stereocenters. The Balaban J connectivity index is 1.48. The third kappa shape index (κ3) is 4.58. The van der Waals surface area contributed by atoms with Crippen molar-refractivity contribution >= 4 is 5.97 Å². The van der Waals surface area contributed by atoms with E-state index in [2.05, 4.69) is 10.2 Å². The van der Waals surface area contributed by atoms with E-state index in [0.29, 0.717) is 11.6 Å². The summed E-state index contributed by atoms with van der Waals surface area (Å²) in [6.45, 7) is 9.06. The first-order chi connectivity index (χ1) is 11.4. The van der Waals surface area contributed by atoms with Gasteiger partial charge < -0.3 is 15.0 Å². The Morgan fingerprint density at radius 1 is 1.21 bits per heavy atom. The summed E-state index contributed by atoms with van der Waals surface area (Å²) in [6, 6.07) is 9.20. The first-order valence-electron chi connectivity index (χ1n) is 9.20. The van der Waals surface area contributed by atoms with Crippen LogP contribution in [0, 0.1) is 0 Å². The highest BCUT2D eigenvalue weighted by Gasteiger charge is 2.31. The maximum Gasteiger partial charge on any atom is 0.338 e. The Morgan fingerprint density at radius 2 is 1.96 bits per heavy atom. The molecule has 2 fully saturated rings. The molecular formula is C20H30N2O2. The monoisotopic (exact) mass is 330 g/mol. The molecule has 0 saturated carbocycles. The molecule has 0 aromatic heterocycles. The van der Waals surface area contributed by atoms with Crippen LogP contribution in [0.4, 0.5) is 0 Å². The van der Waals surface area contributed by atoms with Crippen LogP contribution in [0.15, 0.2) is 24.3 Å². The molecule has 3 rings (SSSR count). The summed E-state index contributed by atoms with van der Waals surface area (Å²) < 4.78 is 5.40. The van der Waals surface area contributed by atoms with E-state index in [1.807, 2.05) is 45.0 Å². The number of fused-ring (bicyclic) bond motifs is 1. The molecule has 0 aliphatic carbocycles. The molecule has 132 valence electrons. The molecule has 0 spiro atoms. The molecule has 2 aliphatic heterocycles. The number of piperidine rings is 1. The van der Waals surface area contributed by atoms with Crippen molar-refractivity contribution in [3.8, 4) is 0 Å². The van der Waals surface area contributed by atoms with Crippen LogP contribution in [0.1, 0.15) is 62.4 Å². The van der Waals surface area contributed by atoms with Crippen LogP contribution < -0.4 is 5.32 Å². The lowest BCUT2D eigenvalue weighted by atomic mass is 9.97. The number of carbonyl (C=O) groups excluding carboxylic acids is 1. The van der Waals surface area contributed by atoms with Crippen LogP contribution in [0.5, 0.6) is 0 Å². The van der Waals surface area contributed by atoms with Crippen LogP contribution >= 0.6 is 0 Å². The number of ether oxygens (including phenoxy) is 1. The van der Waals surface area contributed by atoms with Gasteiger partial charge in [-0.2, -0.15) is 0 Å². The second kappa shape index (κ2) is 7.24. The topological polar surface area (TPSA) is 41.6 Å². The third-order valence-electron chi connectivity index (χ3n) is 5.00. The zero-order valence-corrected chi connectivity index (χ0v) is 15.2. The van der Waals surface area contributed by atoms with Gasteiger partial charge in [0, 0.05) is 18.6 Å². The smallest absolute Gasteiger partial charge is 0.338 e. The maximum absolute atomic E-state index is 12.0. The van der Waals surface area contributed by atoms with E-state index >= 15 is 0 Å². The highest BCUT2D eigenvalue weighted by atomic mass is 16.6. The van der Waals surface area contributed by atoms with E-state index in [9.17, 15) is 4.79 Å². The average molecular weight is 330 g/mol. The summed E-state index contributed by atoms with van der Waals surface area (Å²) in [5.41, 5.74) is 1.39. The zero-order valence-electron chi connectivity index (χ0n) is 15.2. The lowest BCUT2D eigenvalue weighted by molar-refractivity contribution is 0.00695. The zero-order chi connectivity index (χ0) is 17.2. The summed E-state index contributed by atoms with van der Waals surface area (Å²) in [5, 5.41) is 3.69. The minimum atomic E-state index is -0.452. The number of carbonyl (C=O) groups is 1. The van der Waals surface area contributed by atoms with Crippen LogP contribution in [-0.4, -0.2) is 41.6 Å². The molecule has 4 nitrogen and oxygen atoms in total.